The summed E-state index contributed by atoms with van der Waals surface area (Å²) in [6.45, 7) is 3.83. The van der Waals surface area contributed by atoms with E-state index in [9.17, 15) is 14.0 Å². The third-order valence-corrected chi connectivity index (χ3v) is 8.68. The fourth-order valence-electron chi connectivity index (χ4n) is 6.27. The first-order valence-electron chi connectivity index (χ1n) is 14.5. The molecular weight excluding hydrogens is 570 g/mol. The van der Waals surface area contributed by atoms with E-state index in [2.05, 4.69) is 20.1 Å². The molecule has 1 aliphatic carbocycles. The summed E-state index contributed by atoms with van der Waals surface area (Å²) in [5.41, 5.74) is 13.1. The van der Waals surface area contributed by atoms with Crippen LogP contribution < -0.4 is 16.4 Å². The van der Waals surface area contributed by atoms with Crippen molar-refractivity contribution in [2.75, 3.05) is 23.7 Å². The molecule has 4 heterocycles. The number of primary amides is 1. The fourth-order valence-corrected chi connectivity index (χ4v) is 6.27. The van der Waals surface area contributed by atoms with Gasteiger partial charge in [0, 0.05) is 41.9 Å². The summed E-state index contributed by atoms with van der Waals surface area (Å²) < 4.78 is 34.8. The van der Waals surface area contributed by atoms with E-state index in [0.717, 1.165) is 5.70 Å². The first kappa shape index (κ1) is 27.9. The zero-order valence-electron chi connectivity index (χ0n) is 24.1. The molecule has 44 heavy (non-hydrogen) atoms. The van der Waals surface area contributed by atoms with E-state index in [1.54, 1.807) is 24.3 Å². The maximum absolute atomic E-state index is 15.4. The Labute approximate surface area is 250 Å². The van der Waals surface area contributed by atoms with E-state index >= 15 is 4.39 Å². The largest absolute Gasteiger partial charge is 0.398 e. The Balaban J connectivity index is 1.16. The van der Waals surface area contributed by atoms with Crippen molar-refractivity contribution in [1.82, 2.24) is 25.0 Å². The van der Waals surface area contributed by atoms with Crippen LogP contribution >= 0.6 is 0 Å². The van der Waals surface area contributed by atoms with Crippen molar-refractivity contribution >= 4 is 34.2 Å². The standard InChI is InChI=1S/C31H30F2N8O3/c1-31(2,33)30-38-27(39-44-30)15-7-9-40(10-8-15)28-24-20(32)6-5-18(25(24)36-14-37-28)16-3-4-19(21(34)11-16)29(43)41-22-12-17(22)13-23(41)26(35)42/h3-6,11-12,14-15,17,23H,7-10,13,34H2,1-2H3,(H2,35,42)/t17-,23-/m0/s1. The van der Waals surface area contributed by atoms with Crippen LogP contribution in [0.15, 0.2) is 53.0 Å². The molecule has 4 N–H and O–H groups in total. The van der Waals surface area contributed by atoms with Gasteiger partial charge in [-0.25, -0.2) is 18.7 Å². The number of nitrogen functional groups attached to an aromatic ring is 1. The number of fused-ring (bicyclic) bond motifs is 2. The lowest BCUT2D eigenvalue weighted by Gasteiger charge is -2.32. The van der Waals surface area contributed by atoms with Crippen LogP contribution in [-0.2, 0) is 10.5 Å². The van der Waals surface area contributed by atoms with E-state index < -0.39 is 23.4 Å². The number of rotatable bonds is 6. The minimum absolute atomic E-state index is 0.0234. The maximum Gasteiger partial charge on any atom is 0.263 e. The molecule has 0 saturated carbocycles. The number of anilines is 2. The minimum Gasteiger partial charge on any atom is -0.398 e. The molecule has 2 aliphatic heterocycles. The van der Waals surface area contributed by atoms with Gasteiger partial charge in [-0.2, -0.15) is 4.98 Å². The Hall–Kier alpha value is -4.94. The number of nitrogens with zero attached hydrogens (tertiary/aromatic N) is 6. The van der Waals surface area contributed by atoms with Crippen molar-refractivity contribution in [2.24, 2.45) is 11.7 Å². The summed E-state index contributed by atoms with van der Waals surface area (Å²) in [6.07, 6.45) is 5.12. The topological polar surface area (TPSA) is 157 Å². The molecule has 226 valence electrons. The molecule has 2 aromatic heterocycles. The number of piperidine rings is 1. The van der Waals surface area contributed by atoms with E-state index in [-0.39, 0.29) is 40.3 Å². The number of likely N-dealkylation sites (tertiary alicyclic amines) is 1. The molecule has 3 aliphatic rings. The SMILES string of the molecule is CC(C)(F)c1nc(C2CCN(c3ncnc4c(-c5ccc(C(=O)N6C7=C[C@H]7C[C@H]6C(N)=O)c(N)c5)ccc(F)c34)CC2)no1. The van der Waals surface area contributed by atoms with Crippen LogP contribution in [-0.4, -0.2) is 56.0 Å². The normalized spacial score (nSPS) is 20.1. The predicted octanol–water partition coefficient (Wildman–Crippen LogP) is 4.20. The number of hydrogen-bond acceptors (Lipinski definition) is 9. The molecule has 0 spiro atoms. The van der Waals surface area contributed by atoms with Crippen LogP contribution in [0.5, 0.6) is 0 Å². The molecular formula is C31H30F2N8O3. The molecule has 4 aromatic rings. The van der Waals surface area contributed by atoms with Crippen molar-refractivity contribution < 1.29 is 22.9 Å². The number of nitrogens with two attached hydrogens (primary N) is 2. The van der Waals surface area contributed by atoms with Crippen LogP contribution in [0, 0.1) is 11.7 Å². The fraction of sp³-hybridized carbons (Fsp3) is 0.355. The second kappa shape index (κ2) is 10.1. The number of carbonyl (C=O) groups is 2. The number of alkyl halides is 1. The first-order chi connectivity index (χ1) is 21.0. The summed E-state index contributed by atoms with van der Waals surface area (Å²) in [7, 11) is 0. The third-order valence-electron chi connectivity index (χ3n) is 8.68. The zero-order valence-corrected chi connectivity index (χ0v) is 24.1. The number of halogens is 2. The van der Waals surface area contributed by atoms with Gasteiger partial charge < -0.3 is 20.9 Å². The predicted molar refractivity (Wildman–Crippen MR) is 157 cm³/mol. The van der Waals surface area contributed by atoms with Gasteiger partial charge in [0.2, 0.25) is 5.91 Å². The van der Waals surface area contributed by atoms with Crippen molar-refractivity contribution in [3.05, 3.63) is 71.5 Å². The number of aromatic nitrogens is 4. The highest BCUT2D eigenvalue weighted by atomic mass is 19.1. The molecule has 2 saturated heterocycles. The number of hydrogen-bond donors (Lipinski definition) is 2. The summed E-state index contributed by atoms with van der Waals surface area (Å²) >= 11 is 0. The van der Waals surface area contributed by atoms with E-state index in [0.29, 0.717) is 60.6 Å². The average molecular weight is 601 g/mol. The van der Waals surface area contributed by atoms with Crippen LogP contribution in [0.25, 0.3) is 22.0 Å². The molecule has 13 heteroatoms. The third kappa shape index (κ3) is 4.63. The lowest BCUT2D eigenvalue weighted by Crippen LogP contribution is -2.43. The lowest BCUT2D eigenvalue weighted by molar-refractivity contribution is -0.121. The Kier molecular flexibility index (Phi) is 6.38. The smallest absolute Gasteiger partial charge is 0.263 e. The van der Waals surface area contributed by atoms with Crippen LogP contribution in [0.1, 0.15) is 61.1 Å². The van der Waals surface area contributed by atoms with Crippen molar-refractivity contribution in [1.29, 1.82) is 0 Å². The van der Waals surface area contributed by atoms with Gasteiger partial charge in [-0.15, -0.1) is 0 Å². The number of allylic oxidation sites excluding steroid dienone is 2. The summed E-state index contributed by atoms with van der Waals surface area (Å²) in [5.74, 6) is -0.445. The Bertz CT molecular complexity index is 1860. The molecule has 2 amide bonds. The Morgan fingerprint density at radius 1 is 1.11 bits per heavy atom. The monoisotopic (exact) mass is 600 g/mol. The number of amides is 2. The Morgan fingerprint density at radius 3 is 2.57 bits per heavy atom. The van der Waals surface area contributed by atoms with Gasteiger partial charge in [-0.05, 0) is 62.9 Å². The quantitative estimate of drug-likeness (QED) is 0.310. The number of benzene rings is 2. The van der Waals surface area contributed by atoms with E-state index in [1.165, 1.54) is 31.1 Å². The van der Waals surface area contributed by atoms with Crippen LogP contribution in [0.3, 0.4) is 0 Å². The molecule has 7 rings (SSSR count). The molecule has 0 bridgehead atoms. The van der Waals surface area contributed by atoms with Gasteiger partial charge in [0.05, 0.1) is 16.5 Å². The average Bonchev–Trinajstić information content (AvgIpc) is 3.38. The van der Waals surface area contributed by atoms with Crippen molar-refractivity contribution in [3.8, 4) is 11.1 Å². The molecule has 2 aromatic carbocycles. The highest BCUT2D eigenvalue weighted by Gasteiger charge is 2.49. The van der Waals surface area contributed by atoms with Gasteiger partial charge in [0.15, 0.2) is 11.5 Å². The summed E-state index contributed by atoms with van der Waals surface area (Å²) in [4.78, 5) is 41.9. The van der Waals surface area contributed by atoms with Crippen LogP contribution in [0.2, 0.25) is 0 Å². The minimum atomic E-state index is -1.72. The molecule has 2 fully saturated rings. The van der Waals surface area contributed by atoms with Gasteiger partial charge in [-0.1, -0.05) is 17.3 Å². The molecule has 11 nitrogen and oxygen atoms in total. The van der Waals surface area contributed by atoms with Gasteiger partial charge in [-0.3, -0.25) is 14.5 Å². The maximum atomic E-state index is 15.4. The van der Waals surface area contributed by atoms with E-state index in [1.807, 2.05) is 11.0 Å². The van der Waals surface area contributed by atoms with Crippen molar-refractivity contribution in [2.45, 2.75) is 50.7 Å². The molecule has 0 radical (unpaired) electrons. The molecule has 2 atom stereocenters. The second-order valence-electron chi connectivity index (χ2n) is 12.0. The summed E-state index contributed by atoms with van der Waals surface area (Å²) in [6, 6.07) is 7.29. The van der Waals surface area contributed by atoms with Gasteiger partial charge in [0.1, 0.15) is 24.0 Å². The highest BCUT2D eigenvalue weighted by molar-refractivity contribution is 6.05. The Morgan fingerprint density at radius 2 is 1.89 bits per heavy atom. The lowest BCUT2D eigenvalue weighted by atomic mass is 9.95. The van der Waals surface area contributed by atoms with Gasteiger partial charge >= 0.3 is 0 Å². The van der Waals surface area contributed by atoms with Crippen LogP contribution in [0.4, 0.5) is 20.3 Å². The first-order valence-corrected chi connectivity index (χ1v) is 14.5. The number of carbonyl (C=O) groups excluding carboxylic acids is 2. The second-order valence-corrected chi connectivity index (χ2v) is 12.0. The van der Waals surface area contributed by atoms with Gasteiger partial charge in [0.25, 0.3) is 11.8 Å². The van der Waals surface area contributed by atoms with Crippen molar-refractivity contribution in [3.63, 3.8) is 0 Å². The molecule has 0 unspecified atom stereocenters. The zero-order chi connectivity index (χ0) is 30.9. The van der Waals surface area contributed by atoms with E-state index in [4.69, 9.17) is 16.0 Å². The highest BCUT2D eigenvalue weighted by Crippen LogP contribution is 2.46. The summed E-state index contributed by atoms with van der Waals surface area (Å²) in [5, 5.41) is 4.26.